The molecule has 0 fully saturated rings. The fourth-order valence-corrected chi connectivity index (χ4v) is 2.28. The topological polar surface area (TPSA) is 117 Å². The Morgan fingerprint density at radius 1 is 1.21 bits per heavy atom. The normalized spacial score (nSPS) is 10.6. The molecule has 0 saturated carbocycles. The standard InChI is InChI=1S/C15H16N6O3/c1-23-10-4-3-9(5-11(10)24-2)20-12(22)6-21-8-19-13-14(16)17-7-18-15(13)21/h3-5,7-8H,6H2,1-2H3,(H,20,22)(H2,16,17,18). The van der Waals surface area contributed by atoms with Crippen LogP contribution in [0.5, 0.6) is 11.5 Å². The van der Waals surface area contributed by atoms with Gasteiger partial charge >= 0.3 is 0 Å². The van der Waals surface area contributed by atoms with E-state index >= 15 is 0 Å². The number of hydrogen-bond acceptors (Lipinski definition) is 7. The van der Waals surface area contributed by atoms with E-state index in [1.165, 1.54) is 19.8 Å². The van der Waals surface area contributed by atoms with Crippen LogP contribution in [0.2, 0.25) is 0 Å². The molecule has 3 rings (SSSR count). The third-order valence-electron chi connectivity index (χ3n) is 3.41. The van der Waals surface area contributed by atoms with Crippen LogP contribution in [-0.2, 0) is 11.3 Å². The third kappa shape index (κ3) is 2.91. The lowest BCUT2D eigenvalue weighted by molar-refractivity contribution is -0.116. The van der Waals surface area contributed by atoms with Gasteiger partial charge in [0, 0.05) is 11.8 Å². The van der Waals surface area contributed by atoms with Crippen LogP contribution in [0.1, 0.15) is 0 Å². The zero-order chi connectivity index (χ0) is 17.1. The van der Waals surface area contributed by atoms with Gasteiger partial charge in [0.2, 0.25) is 5.91 Å². The zero-order valence-corrected chi connectivity index (χ0v) is 13.2. The number of rotatable bonds is 5. The summed E-state index contributed by atoms with van der Waals surface area (Å²) in [6, 6.07) is 5.13. The number of nitrogens with one attached hydrogen (secondary N) is 1. The van der Waals surface area contributed by atoms with Crippen LogP contribution >= 0.6 is 0 Å². The number of nitrogens with two attached hydrogens (primary N) is 1. The van der Waals surface area contributed by atoms with E-state index in [0.29, 0.717) is 28.4 Å². The first kappa shape index (κ1) is 15.5. The molecule has 9 nitrogen and oxygen atoms in total. The number of anilines is 2. The number of hydrogen-bond donors (Lipinski definition) is 2. The van der Waals surface area contributed by atoms with Crippen LogP contribution in [0.15, 0.2) is 30.9 Å². The Hall–Kier alpha value is -3.36. The first-order valence-corrected chi connectivity index (χ1v) is 7.05. The van der Waals surface area contributed by atoms with Crippen LogP contribution in [0, 0.1) is 0 Å². The van der Waals surface area contributed by atoms with Crippen molar-refractivity contribution in [3.05, 3.63) is 30.9 Å². The second kappa shape index (κ2) is 6.41. The van der Waals surface area contributed by atoms with E-state index in [0.717, 1.165) is 0 Å². The first-order chi connectivity index (χ1) is 11.6. The summed E-state index contributed by atoms with van der Waals surface area (Å²) in [4.78, 5) is 24.4. The van der Waals surface area contributed by atoms with Gasteiger partial charge in [-0.1, -0.05) is 0 Å². The van der Waals surface area contributed by atoms with Crippen molar-refractivity contribution in [3.63, 3.8) is 0 Å². The quantitative estimate of drug-likeness (QED) is 0.719. The molecule has 0 aliphatic rings. The third-order valence-corrected chi connectivity index (χ3v) is 3.41. The number of methoxy groups -OCH3 is 2. The van der Waals surface area contributed by atoms with Gasteiger partial charge in [0.05, 0.1) is 20.5 Å². The number of imidazole rings is 1. The molecule has 9 heteroatoms. The molecule has 1 amide bonds. The maximum Gasteiger partial charge on any atom is 0.244 e. The van der Waals surface area contributed by atoms with Crippen molar-refractivity contribution in [1.29, 1.82) is 0 Å². The molecule has 0 atom stereocenters. The van der Waals surface area contributed by atoms with Crippen LogP contribution in [0.25, 0.3) is 11.2 Å². The highest BCUT2D eigenvalue weighted by Crippen LogP contribution is 2.29. The van der Waals surface area contributed by atoms with Gasteiger partial charge in [-0.05, 0) is 12.1 Å². The van der Waals surface area contributed by atoms with Crippen molar-refractivity contribution in [1.82, 2.24) is 19.5 Å². The molecule has 24 heavy (non-hydrogen) atoms. The Balaban J connectivity index is 1.77. The number of aromatic nitrogens is 4. The lowest BCUT2D eigenvalue weighted by atomic mass is 10.2. The summed E-state index contributed by atoms with van der Waals surface area (Å²) >= 11 is 0. The summed E-state index contributed by atoms with van der Waals surface area (Å²) < 4.78 is 12.0. The van der Waals surface area contributed by atoms with Gasteiger partial charge in [-0.25, -0.2) is 15.0 Å². The molecule has 2 aromatic heterocycles. The van der Waals surface area contributed by atoms with Crippen molar-refractivity contribution in [2.45, 2.75) is 6.54 Å². The molecule has 3 aromatic rings. The van der Waals surface area contributed by atoms with Gasteiger partial charge in [-0.2, -0.15) is 0 Å². The lowest BCUT2D eigenvalue weighted by Crippen LogP contribution is -2.18. The molecule has 0 spiro atoms. The van der Waals surface area contributed by atoms with Crippen molar-refractivity contribution in [2.24, 2.45) is 0 Å². The summed E-state index contributed by atoms with van der Waals surface area (Å²) in [6.45, 7) is 0.0430. The average molecular weight is 328 g/mol. The summed E-state index contributed by atoms with van der Waals surface area (Å²) in [7, 11) is 3.08. The molecular weight excluding hydrogens is 312 g/mol. The molecule has 0 unspecified atom stereocenters. The molecular formula is C15H16N6O3. The zero-order valence-electron chi connectivity index (χ0n) is 13.2. The minimum absolute atomic E-state index is 0.0430. The number of carbonyl (C=O) groups excluding carboxylic acids is 1. The second-order valence-corrected chi connectivity index (χ2v) is 4.92. The predicted molar refractivity (Wildman–Crippen MR) is 87.9 cm³/mol. The van der Waals surface area contributed by atoms with E-state index in [9.17, 15) is 4.79 Å². The first-order valence-electron chi connectivity index (χ1n) is 7.05. The Bertz CT molecular complexity index is 892. The molecule has 0 aliphatic carbocycles. The van der Waals surface area contributed by atoms with Crippen LogP contribution in [0.4, 0.5) is 11.5 Å². The molecule has 3 N–H and O–H groups in total. The van der Waals surface area contributed by atoms with E-state index in [4.69, 9.17) is 15.2 Å². The lowest BCUT2D eigenvalue weighted by Gasteiger charge is -2.11. The number of nitrogens with zero attached hydrogens (tertiary/aromatic N) is 4. The Morgan fingerprint density at radius 3 is 2.75 bits per heavy atom. The molecule has 1 aromatic carbocycles. The van der Waals surface area contributed by atoms with Crippen LogP contribution < -0.4 is 20.5 Å². The SMILES string of the molecule is COc1ccc(NC(=O)Cn2cnc3c(N)ncnc32)cc1OC. The molecule has 0 radical (unpaired) electrons. The van der Waals surface area contributed by atoms with Crippen molar-refractivity contribution in [3.8, 4) is 11.5 Å². The fourth-order valence-electron chi connectivity index (χ4n) is 2.28. The van der Waals surface area contributed by atoms with E-state index in [1.54, 1.807) is 29.9 Å². The van der Waals surface area contributed by atoms with Crippen LogP contribution in [-0.4, -0.2) is 39.6 Å². The van der Waals surface area contributed by atoms with Crippen molar-refractivity contribution < 1.29 is 14.3 Å². The minimum atomic E-state index is -0.237. The monoisotopic (exact) mass is 328 g/mol. The molecule has 124 valence electrons. The number of amides is 1. The summed E-state index contributed by atoms with van der Waals surface area (Å²) in [5.74, 6) is 1.16. The highest BCUT2D eigenvalue weighted by Gasteiger charge is 2.12. The van der Waals surface area contributed by atoms with Gasteiger partial charge < -0.3 is 25.1 Å². The number of benzene rings is 1. The Kier molecular flexibility index (Phi) is 4.15. The molecule has 0 saturated heterocycles. The van der Waals surface area contributed by atoms with Crippen molar-refractivity contribution >= 4 is 28.6 Å². The summed E-state index contributed by atoms with van der Waals surface area (Å²) in [5.41, 5.74) is 7.30. The molecule has 0 bridgehead atoms. The summed E-state index contributed by atoms with van der Waals surface area (Å²) in [6.07, 6.45) is 2.84. The largest absolute Gasteiger partial charge is 0.493 e. The van der Waals surface area contributed by atoms with Gasteiger partial charge in [0.25, 0.3) is 0 Å². The minimum Gasteiger partial charge on any atom is -0.493 e. The number of fused-ring (bicyclic) bond motifs is 1. The Labute approximate surface area is 137 Å². The fraction of sp³-hybridized carbons (Fsp3) is 0.200. The van der Waals surface area contributed by atoms with E-state index in [2.05, 4.69) is 20.3 Å². The maximum atomic E-state index is 12.3. The molecule has 0 aliphatic heterocycles. The number of ether oxygens (including phenoxy) is 2. The van der Waals surface area contributed by atoms with Crippen molar-refractivity contribution in [2.75, 3.05) is 25.3 Å². The van der Waals surface area contributed by atoms with Gasteiger partial charge in [-0.15, -0.1) is 0 Å². The average Bonchev–Trinajstić information content (AvgIpc) is 2.99. The van der Waals surface area contributed by atoms with E-state index < -0.39 is 0 Å². The van der Waals surface area contributed by atoms with Gasteiger partial charge in [0.1, 0.15) is 18.4 Å². The number of nitrogen functional groups attached to an aromatic ring is 1. The maximum absolute atomic E-state index is 12.3. The van der Waals surface area contributed by atoms with E-state index in [1.807, 2.05) is 0 Å². The predicted octanol–water partition coefficient (Wildman–Crippen LogP) is 1.06. The summed E-state index contributed by atoms with van der Waals surface area (Å²) in [5, 5.41) is 2.79. The van der Waals surface area contributed by atoms with Gasteiger partial charge in [-0.3, -0.25) is 4.79 Å². The highest BCUT2D eigenvalue weighted by molar-refractivity contribution is 5.92. The van der Waals surface area contributed by atoms with Crippen LogP contribution in [0.3, 0.4) is 0 Å². The molecule has 2 heterocycles. The smallest absolute Gasteiger partial charge is 0.244 e. The second-order valence-electron chi connectivity index (χ2n) is 4.92. The highest BCUT2D eigenvalue weighted by atomic mass is 16.5. The van der Waals surface area contributed by atoms with E-state index in [-0.39, 0.29) is 18.3 Å². The van der Waals surface area contributed by atoms with Gasteiger partial charge in [0.15, 0.2) is 23.0 Å². The Morgan fingerprint density at radius 2 is 2.00 bits per heavy atom. The number of carbonyl (C=O) groups is 1.